The average molecular weight is 338 g/mol. The fourth-order valence-electron chi connectivity index (χ4n) is 1.82. The first-order valence-electron chi connectivity index (χ1n) is 7.71. The molecule has 0 spiro atoms. The Morgan fingerprint density at radius 1 is 1.21 bits per heavy atom. The number of benzene rings is 1. The lowest BCUT2D eigenvalue weighted by atomic mass is 10.1. The van der Waals surface area contributed by atoms with E-state index in [2.05, 4.69) is 5.32 Å². The lowest BCUT2D eigenvalue weighted by molar-refractivity contribution is 0.0749. The van der Waals surface area contributed by atoms with Gasteiger partial charge in [0.1, 0.15) is 11.9 Å². The minimum atomic E-state index is -0.587. The molecule has 0 saturated carbocycles. The summed E-state index contributed by atoms with van der Waals surface area (Å²) in [6, 6.07) is 6.63. The summed E-state index contributed by atoms with van der Waals surface area (Å²) < 4.78 is 10.5. The van der Waals surface area contributed by atoms with Gasteiger partial charge in [0, 0.05) is 32.7 Å². The van der Waals surface area contributed by atoms with Gasteiger partial charge in [0.05, 0.1) is 0 Å². The summed E-state index contributed by atoms with van der Waals surface area (Å²) in [7, 11) is 3.19. The fourth-order valence-corrected chi connectivity index (χ4v) is 1.82. The average Bonchev–Trinajstić information content (AvgIpc) is 2.45. The van der Waals surface area contributed by atoms with Crippen LogP contribution >= 0.6 is 0 Å². The molecule has 134 valence electrons. The Bertz CT molecular complexity index is 549. The maximum absolute atomic E-state index is 11.9. The van der Waals surface area contributed by atoms with Crippen LogP contribution in [0.3, 0.4) is 0 Å². The Morgan fingerprint density at radius 2 is 1.79 bits per heavy atom. The van der Waals surface area contributed by atoms with Gasteiger partial charge in [0.25, 0.3) is 0 Å². The molecule has 1 rings (SSSR count). The third-order valence-electron chi connectivity index (χ3n) is 2.94. The number of nitrogens with one attached hydrogen (secondary N) is 1. The minimum absolute atomic E-state index is 0.120. The van der Waals surface area contributed by atoms with Crippen molar-refractivity contribution in [3.63, 3.8) is 0 Å². The Morgan fingerprint density at radius 3 is 2.25 bits per heavy atom. The van der Waals surface area contributed by atoms with Crippen molar-refractivity contribution in [3.8, 4) is 5.75 Å². The molecule has 2 amide bonds. The number of alkyl carbamates (subject to hydrolysis) is 1. The molecule has 7 nitrogen and oxygen atoms in total. The van der Waals surface area contributed by atoms with Gasteiger partial charge in [0.2, 0.25) is 0 Å². The van der Waals surface area contributed by atoms with Crippen molar-refractivity contribution in [3.05, 3.63) is 29.8 Å². The molecule has 1 atom stereocenters. The standard InChI is InChI=1S/C17H26N2O5/c1-17(2,3)18-15(21)24-14(10-11-20)12-6-8-13(9-7-12)23-16(22)19(4)5/h6-9,14,20H,10-11H2,1-5H3,(H,18,21)/t14-/m0/s1. The van der Waals surface area contributed by atoms with Crippen LogP contribution in [0.5, 0.6) is 5.75 Å². The number of ether oxygens (including phenoxy) is 2. The predicted octanol–water partition coefficient (Wildman–Crippen LogP) is 2.70. The quantitative estimate of drug-likeness (QED) is 0.862. The van der Waals surface area contributed by atoms with Gasteiger partial charge in [0.15, 0.2) is 0 Å². The van der Waals surface area contributed by atoms with Crippen LogP contribution in [0.2, 0.25) is 0 Å². The summed E-state index contributed by atoms with van der Waals surface area (Å²) in [6.45, 7) is 5.43. The second-order valence-corrected chi connectivity index (χ2v) is 6.61. The number of hydrogen-bond acceptors (Lipinski definition) is 5. The lowest BCUT2D eigenvalue weighted by Gasteiger charge is -2.23. The van der Waals surface area contributed by atoms with Crippen molar-refractivity contribution in [2.45, 2.75) is 38.8 Å². The normalized spacial score (nSPS) is 12.2. The van der Waals surface area contributed by atoms with Crippen molar-refractivity contribution < 1.29 is 24.2 Å². The number of carbonyl (C=O) groups excluding carboxylic acids is 2. The number of nitrogens with zero attached hydrogens (tertiary/aromatic N) is 1. The highest BCUT2D eigenvalue weighted by Crippen LogP contribution is 2.24. The molecule has 2 N–H and O–H groups in total. The highest BCUT2D eigenvalue weighted by molar-refractivity contribution is 5.70. The summed E-state index contributed by atoms with van der Waals surface area (Å²) in [6.07, 6.45) is -1.34. The summed E-state index contributed by atoms with van der Waals surface area (Å²) in [5.41, 5.74) is 0.295. The van der Waals surface area contributed by atoms with Gasteiger partial charge in [-0.3, -0.25) is 0 Å². The summed E-state index contributed by atoms with van der Waals surface area (Å²) in [4.78, 5) is 24.7. The maximum atomic E-state index is 11.9. The first-order valence-corrected chi connectivity index (χ1v) is 7.71. The molecule has 0 saturated heterocycles. The number of amides is 2. The van der Waals surface area contributed by atoms with E-state index in [1.165, 1.54) is 4.90 Å². The van der Waals surface area contributed by atoms with Crippen molar-refractivity contribution in [2.24, 2.45) is 0 Å². The van der Waals surface area contributed by atoms with E-state index in [1.807, 2.05) is 20.8 Å². The van der Waals surface area contributed by atoms with Gasteiger partial charge in [-0.05, 0) is 38.5 Å². The lowest BCUT2D eigenvalue weighted by Crippen LogP contribution is -2.41. The first kappa shape index (κ1) is 19.8. The first-order chi connectivity index (χ1) is 11.1. The predicted molar refractivity (Wildman–Crippen MR) is 90.0 cm³/mol. The molecule has 0 heterocycles. The molecule has 0 bridgehead atoms. The minimum Gasteiger partial charge on any atom is -0.441 e. The number of aliphatic hydroxyl groups is 1. The van der Waals surface area contributed by atoms with E-state index in [1.54, 1.807) is 38.4 Å². The number of carbonyl (C=O) groups is 2. The topological polar surface area (TPSA) is 88.1 Å². The largest absolute Gasteiger partial charge is 0.441 e. The van der Waals surface area contributed by atoms with Crippen LogP contribution in [0.4, 0.5) is 9.59 Å². The molecule has 1 aromatic rings. The van der Waals surface area contributed by atoms with Crippen LogP contribution in [-0.2, 0) is 4.74 Å². The molecule has 24 heavy (non-hydrogen) atoms. The molecular weight excluding hydrogens is 312 g/mol. The van der Waals surface area contributed by atoms with Crippen molar-refractivity contribution >= 4 is 12.2 Å². The van der Waals surface area contributed by atoms with E-state index >= 15 is 0 Å². The van der Waals surface area contributed by atoms with Gasteiger partial charge < -0.3 is 24.8 Å². The molecule has 0 unspecified atom stereocenters. The molecule has 0 aliphatic rings. The van der Waals surface area contributed by atoms with E-state index in [9.17, 15) is 14.7 Å². The van der Waals surface area contributed by atoms with E-state index in [4.69, 9.17) is 9.47 Å². The van der Waals surface area contributed by atoms with Gasteiger partial charge in [-0.15, -0.1) is 0 Å². The van der Waals surface area contributed by atoms with E-state index < -0.39 is 23.8 Å². The molecule has 0 aromatic heterocycles. The molecule has 0 radical (unpaired) electrons. The van der Waals surface area contributed by atoms with Gasteiger partial charge in [-0.25, -0.2) is 9.59 Å². The van der Waals surface area contributed by atoms with E-state index in [-0.39, 0.29) is 13.0 Å². The maximum Gasteiger partial charge on any atom is 0.414 e. The Labute approximate surface area is 142 Å². The van der Waals surface area contributed by atoms with Gasteiger partial charge >= 0.3 is 12.2 Å². The van der Waals surface area contributed by atoms with E-state index in [0.717, 1.165) is 0 Å². The third kappa shape index (κ3) is 6.87. The summed E-state index contributed by atoms with van der Waals surface area (Å²) in [5, 5.41) is 11.9. The van der Waals surface area contributed by atoms with Crippen LogP contribution in [0.15, 0.2) is 24.3 Å². The third-order valence-corrected chi connectivity index (χ3v) is 2.94. The summed E-state index contributed by atoms with van der Waals surface area (Å²) in [5.74, 6) is 0.388. The van der Waals surface area contributed by atoms with Gasteiger partial charge in [-0.2, -0.15) is 0 Å². The van der Waals surface area contributed by atoms with Crippen LogP contribution in [0.1, 0.15) is 38.9 Å². The second-order valence-electron chi connectivity index (χ2n) is 6.61. The highest BCUT2D eigenvalue weighted by atomic mass is 16.6. The monoisotopic (exact) mass is 338 g/mol. The Balaban J connectivity index is 2.78. The van der Waals surface area contributed by atoms with Gasteiger partial charge in [-0.1, -0.05) is 12.1 Å². The molecule has 1 aromatic carbocycles. The zero-order chi connectivity index (χ0) is 18.3. The van der Waals surface area contributed by atoms with Crippen molar-refractivity contribution in [1.29, 1.82) is 0 Å². The Hall–Kier alpha value is -2.28. The van der Waals surface area contributed by atoms with Crippen molar-refractivity contribution in [2.75, 3.05) is 20.7 Å². The van der Waals surface area contributed by atoms with Crippen LogP contribution < -0.4 is 10.1 Å². The van der Waals surface area contributed by atoms with Crippen LogP contribution in [0.25, 0.3) is 0 Å². The summed E-state index contributed by atoms with van der Waals surface area (Å²) >= 11 is 0. The van der Waals surface area contributed by atoms with E-state index in [0.29, 0.717) is 11.3 Å². The number of aliphatic hydroxyl groups excluding tert-OH is 1. The number of hydrogen-bond donors (Lipinski definition) is 2. The fraction of sp³-hybridized carbons (Fsp3) is 0.529. The smallest absolute Gasteiger partial charge is 0.414 e. The molecule has 0 fully saturated rings. The molecule has 0 aliphatic carbocycles. The van der Waals surface area contributed by atoms with Crippen LogP contribution in [-0.4, -0.2) is 48.4 Å². The molecular formula is C17H26N2O5. The molecule has 0 aliphatic heterocycles. The zero-order valence-corrected chi connectivity index (χ0v) is 14.8. The van der Waals surface area contributed by atoms with Crippen LogP contribution in [0, 0.1) is 0 Å². The number of rotatable bonds is 5. The molecule has 7 heteroatoms. The second kappa shape index (κ2) is 8.54. The highest BCUT2D eigenvalue weighted by Gasteiger charge is 2.20. The zero-order valence-electron chi connectivity index (χ0n) is 14.8. The Kier molecular flexibility index (Phi) is 7.03. The SMILES string of the molecule is CN(C)C(=O)Oc1ccc([C@H](CCO)OC(=O)NC(C)(C)C)cc1. The van der Waals surface area contributed by atoms with Crippen molar-refractivity contribution in [1.82, 2.24) is 10.2 Å².